The number of hydrogen-bond acceptors (Lipinski definition) is 0. The van der Waals surface area contributed by atoms with E-state index in [0.717, 1.165) is 0 Å². The van der Waals surface area contributed by atoms with Crippen LogP contribution in [0.5, 0.6) is 0 Å². The molecule has 0 bridgehead atoms. The van der Waals surface area contributed by atoms with Crippen molar-refractivity contribution >= 4 is 16.5 Å². The first kappa shape index (κ1) is 20.9. The number of rotatable bonds is 17. The molecule has 0 aliphatic heterocycles. The van der Waals surface area contributed by atoms with Crippen LogP contribution >= 0.6 is 16.5 Å². The second kappa shape index (κ2) is 19.9. The van der Waals surface area contributed by atoms with Crippen LogP contribution in [0.2, 0.25) is 0 Å². The van der Waals surface area contributed by atoms with E-state index in [2.05, 4.69) is 13.8 Å². The molecule has 0 saturated heterocycles. The fourth-order valence-corrected chi connectivity index (χ4v) is 5.13. The Hall–Kier alpha value is 0.860. The first-order valence-corrected chi connectivity index (χ1v) is 12.1. The van der Waals surface area contributed by atoms with Gasteiger partial charge in [0.05, 0.1) is 0 Å². The van der Waals surface area contributed by atoms with Crippen molar-refractivity contribution in [2.24, 2.45) is 0 Å². The molecule has 0 aromatic carbocycles. The number of unbranched alkanes of at least 4 members (excludes halogenated alkanes) is 12. The van der Waals surface area contributed by atoms with Crippen LogP contribution in [0.1, 0.15) is 104 Å². The topological polar surface area (TPSA) is 0 Å². The fraction of sp³-hybridized carbons (Fsp3) is 1.00. The zero-order valence-corrected chi connectivity index (χ0v) is 16.0. The third-order valence-corrected chi connectivity index (χ3v) is 6.86. The van der Waals surface area contributed by atoms with Gasteiger partial charge < -0.3 is 0 Å². The molecule has 2 heteroatoms. The molecule has 0 saturated carbocycles. The average Bonchev–Trinajstić information content (AvgIpc) is 2.47. The molecule has 0 fully saturated rings. The van der Waals surface area contributed by atoms with E-state index in [1.807, 2.05) is 0 Å². The van der Waals surface area contributed by atoms with Gasteiger partial charge in [0.2, 0.25) is 0 Å². The quantitative estimate of drug-likeness (QED) is 0.187. The highest BCUT2D eigenvalue weighted by Crippen LogP contribution is 2.38. The van der Waals surface area contributed by atoms with Gasteiger partial charge in [-0.3, -0.25) is 0 Å². The van der Waals surface area contributed by atoms with Crippen LogP contribution in [0.25, 0.3) is 0 Å². The van der Waals surface area contributed by atoms with Crippen LogP contribution in [0, 0.1) is 0 Å². The van der Waals surface area contributed by atoms with E-state index in [9.17, 15) is 0 Å². The van der Waals surface area contributed by atoms with E-state index < -0.39 is 0 Å². The van der Waals surface area contributed by atoms with Crippen LogP contribution < -0.4 is 0 Å². The van der Waals surface area contributed by atoms with Gasteiger partial charge in [0.25, 0.3) is 0 Å². The van der Waals surface area contributed by atoms with Crippen LogP contribution in [0.4, 0.5) is 0 Å². The molecule has 120 valence electrons. The zero-order chi connectivity index (χ0) is 14.7. The largest absolute Gasteiger partial charge is 0.0654 e. The molecule has 0 spiro atoms. The summed E-state index contributed by atoms with van der Waals surface area (Å²) in [6.07, 6.45) is 23.2. The fourth-order valence-electron chi connectivity index (χ4n) is 2.42. The third-order valence-electron chi connectivity index (χ3n) is 3.82. The summed E-state index contributed by atoms with van der Waals surface area (Å²) in [7, 11) is 3.39. The Balaban J connectivity index is 2.89. The Morgan fingerprint density at radius 3 is 1.05 bits per heavy atom. The normalized spacial score (nSPS) is 12.3. The van der Waals surface area contributed by atoms with Gasteiger partial charge >= 0.3 is 0 Å². The minimum absolute atomic E-state index is 1.37. The highest BCUT2D eigenvalue weighted by Gasteiger charge is 1.95. The molecule has 0 nitrogen and oxygen atoms in total. The summed E-state index contributed by atoms with van der Waals surface area (Å²) in [4.78, 5) is 0. The highest BCUT2D eigenvalue weighted by atomic mass is 32.0. The second-order valence-electron chi connectivity index (χ2n) is 5.97. The van der Waals surface area contributed by atoms with E-state index in [-0.39, 0.29) is 0 Å². The first-order valence-electron chi connectivity index (χ1n) is 9.25. The Morgan fingerprint density at radius 2 is 0.700 bits per heavy atom. The van der Waals surface area contributed by atoms with E-state index in [0.29, 0.717) is 0 Å². The van der Waals surface area contributed by atoms with E-state index in [1.54, 1.807) is 16.5 Å². The molecule has 0 rings (SSSR count). The summed E-state index contributed by atoms with van der Waals surface area (Å²) in [5.41, 5.74) is 0. The summed E-state index contributed by atoms with van der Waals surface area (Å²) in [6, 6.07) is 0. The Kier molecular flexibility index (Phi) is 20.7. The standard InChI is InChI=1S/C18H38P2/c1-3-5-7-9-11-12-14-16-18-20-19-17-15-13-10-8-6-4-2/h3-18H2,1-2H3. The van der Waals surface area contributed by atoms with Crippen molar-refractivity contribution in [3.63, 3.8) is 0 Å². The van der Waals surface area contributed by atoms with Crippen molar-refractivity contribution in [3.05, 3.63) is 0 Å². The second-order valence-corrected chi connectivity index (χ2v) is 9.13. The van der Waals surface area contributed by atoms with Crippen molar-refractivity contribution < 1.29 is 0 Å². The monoisotopic (exact) mass is 316 g/mol. The van der Waals surface area contributed by atoms with Gasteiger partial charge in [-0.25, -0.2) is 0 Å². The average molecular weight is 316 g/mol. The molecule has 0 heterocycles. The Labute approximate surface area is 133 Å². The van der Waals surface area contributed by atoms with Gasteiger partial charge in [0.1, 0.15) is 0 Å². The molecule has 0 amide bonds. The Bertz CT molecular complexity index is 141. The van der Waals surface area contributed by atoms with Gasteiger partial charge in [-0.1, -0.05) is 90.9 Å². The van der Waals surface area contributed by atoms with Gasteiger partial charge in [-0.2, -0.15) is 0 Å². The minimum Gasteiger partial charge on any atom is -0.0654 e. The number of hydrogen-bond donors (Lipinski definition) is 0. The summed E-state index contributed by atoms with van der Waals surface area (Å²) in [6.45, 7) is 4.59. The molecule has 20 heavy (non-hydrogen) atoms. The van der Waals surface area contributed by atoms with Crippen molar-refractivity contribution in [2.45, 2.75) is 104 Å². The summed E-state index contributed by atoms with van der Waals surface area (Å²) < 4.78 is 0. The van der Waals surface area contributed by atoms with Gasteiger partial charge in [0.15, 0.2) is 0 Å². The lowest BCUT2D eigenvalue weighted by molar-refractivity contribution is 0.586. The van der Waals surface area contributed by atoms with Crippen LogP contribution in [0.15, 0.2) is 0 Å². The molecule has 2 radical (unpaired) electrons. The first-order chi connectivity index (χ1) is 9.91. The predicted molar refractivity (Wildman–Crippen MR) is 99.6 cm³/mol. The molecular formula is C18H38P2. The van der Waals surface area contributed by atoms with E-state index in [4.69, 9.17) is 0 Å². The highest BCUT2D eigenvalue weighted by molar-refractivity contribution is 8.11. The predicted octanol–water partition coefficient (Wildman–Crippen LogP) is 8.30. The van der Waals surface area contributed by atoms with Crippen LogP contribution in [-0.4, -0.2) is 12.3 Å². The SMILES string of the molecule is CCCCCCCCCC[P][P]CCCCCCCC. The van der Waals surface area contributed by atoms with Crippen molar-refractivity contribution in [1.82, 2.24) is 0 Å². The maximum Gasteiger partial charge on any atom is -0.0242 e. The molecule has 0 aromatic rings. The molecule has 0 aliphatic carbocycles. The third kappa shape index (κ3) is 18.9. The van der Waals surface area contributed by atoms with Gasteiger partial charge in [-0.15, -0.1) is 0 Å². The van der Waals surface area contributed by atoms with Crippen LogP contribution in [-0.2, 0) is 0 Å². The van der Waals surface area contributed by atoms with Crippen molar-refractivity contribution in [3.8, 4) is 0 Å². The smallest absolute Gasteiger partial charge is 0.0242 e. The van der Waals surface area contributed by atoms with Crippen molar-refractivity contribution in [2.75, 3.05) is 12.3 Å². The molecule has 0 aliphatic rings. The van der Waals surface area contributed by atoms with E-state index >= 15 is 0 Å². The maximum atomic E-state index is 2.30. The minimum atomic E-state index is 1.37. The molecule has 0 unspecified atom stereocenters. The van der Waals surface area contributed by atoms with Crippen molar-refractivity contribution in [1.29, 1.82) is 0 Å². The molecule has 0 aromatic heterocycles. The summed E-state index contributed by atoms with van der Waals surface area (Å²) in [5.74, 6) is 0. The zero-order valence-electron chi connectivity index (χ0n) is 14.2. The van der Waals surface area contributed by atoms with Gasteiger partial charge in [0, 0.05) is 0 Å². The van der Waals surface area contributed by atoms with Gasteiger partial charge in [-0.05, 0) is 41.7 Å². The Morgan fingerprint density at radius 1 is 0.400 bits per heavy atom. The lowest BCUT2D eigenvalue weighted by atomic mass is 10.1. The lowest BCUT2D eigenvalue weighted by Crippen LogP contribution is -1.82. The molecule has 0 N–H and O–H groups in total. The summed E-state index contributed by atoms with van der Waals surface area (Å²) in [5, 5.41) is 0. The molecular weight excluding hydrogens is 278 g/mol. The summed E-state index contributed by atoms with van der Waals surface area (Å²) >= 11 is 0. The van der Waals surface area contributed by atoms with Crippen LogP contribution in [0.3, 0.4) is 0 Å². The molecule has 0 atom stereocenters. The lowest BCUT2D eigenvalue weighted by Gasteiger charge is -2.02. The van der Waals surface area contributed by atoms with E-state index in [1.165, 1.54) is 102 Å². The maximum absolute atomic E-state index is 2.30.